The number of carbonyl (C=O) groups excluding carboxylic acids is 2. The van der Waals surface area contributed by atoms with Gasteiger partial charge in [-0.3, -0.25) is 14.5 Å². The fourth-order valence-corrected chi connectivity index (χ4v) is 3.44. The summed E-state index contributed by atoms with van der Waals surface area (Å²) in [6.07, 6.45) is 9.91. The van der Waals surface area contributed by atoms with Crippen LogP contribution in [0.2, 0.25) is 0 Å². The molecule has 2 amide bonds. The molecule has 2 atom stereocenters. The van der Waals surface area contributed by atoms with E-state index < -0.39 is 0 Å². The van der Waals surface area contributed by atoms with Crippen molar-refractivity contribution in [3.63, 3.8) is 0 Å². The minimum atomic E-state index is -0.0512. The number of carbonyl (C=O) groups is 2. The highest BCUT2D eigenvalue weighted by molar-refractivity contribution is 6.21. The summed E-state index contributed by atoms with van der Waals surface area (Å²) in [5.41, 5.74) is 1.41. The van der Waals surface area contributed by atoms with Crippen LogP contribution in [0.5, 0.6) is 0 Å². The molecule has 1 aliphatic heterocycles. The Balaban J connectivity index is 1.89. The van der Waals surface area contributed by atoms with E-state index in [4.69, 9.17) is 0 Å². The van der Waals surface area contributed by atoms with Crippen molar-refractivity contribution in [3.8, 4) is 0 Å². The molecule has 0 spiro atoms. The van der Waals surface area contributed by atoms with E-state index in [9.17, 15) is 9.59 Å². The van der Waals surface area contributed by atoms with Gasteiger partial charge in [-0.15, -0.1) is 0 Å². The Bertz CT molecular complexity index is 461. The van der Waals surface area contributed by atoms with Crippen LogP contribution in [0.15, 0.2) is 23.3 Å². The molecule has 3 nitrogen and oxygen atoms in total. The summed E-state index contributed by atoms with van der Waals surface area (Å²) in [7, 11) is 0. The lowest BCUT2D eigenvalue weighted by atomic mass is 9.85. The van der Waals surface area contributed by atoms with Crippen molar-refractivity contribution in [2.45, 2.75) is 51.5 Å². The number of amides is 2. The first-order chi connectivity index (χ1) is 8.70. The van der Waals surface area contributed by atoms with Crippen LogP contribution in [0.3, 0.4) is 0 Å². The second kappa shape index (κ2) is 4.38. The molecule has 3 aliphatic rings. The monoisotopic (exact) mass is 245 g/mol. The second-order valence-electron chi connectivity index (χ2n) is 5.64. The van der Waals surface area contributed by atoms with E-state index in [2.05, 4.69) is 6.92 Å². The highest BCUT2D eigenvalue weighted by Gasteiger charge is 2.43. The number of allylic oxidation sites excluding steroid dienone is 1. The molecule has 0 aromatic rings. The second-order valence-corrected chi connectivity index (χ2v) is 5.64. The van der Waals surface area contributed by atoms with Gasteiger partial charge >= 0.3 is 0 Å². The van der Waals surface area contributed by atoms with E-state index >= 15 is 0 Å². The molecule has 1 fully saturated rings. The first kappa shape index (κ1) is 11.7. The molecule has 3 heteroatoms. The summed E-state index contributed by atoms with van der Waals surface area (Å²) in [5.74, 6) is 0.375. The van der Waals surface area contributed by atoms with Crippen LogP contribution in [-0.2, 0) is 9.59 Å². The largest absolute Gasteiger partial charge is 0.271 e. The Hall–Kier alpha value is -1.38. The zero-order valence-corrected chi connectivity index (χ0v) is 10.8. The zero-order valence-electron chi connectivity index (χ0n) is 10.8. The van der Waals surface area contributed by atoms with Crippen LogP contribution in [-0.4, -0.2) is 22.8 Å². The summed E-state index contributed by atoms with van der Waals surface area (Å²) in [4.78, 5) is 26.4. The standard InChI is InChI=1S/C15H19NO2/c1-10-6-2-5-9-13(10)16-14(17)11-7-3-4-8-12(11)15(16)18/h3,7,10,13H,2,4-6,8-9H2,1H3/t10-,13?/m0/s1. The number of imide groups is 1. The fourth-order valence-electron chi connectivity index (χ4n) is 3.44. The SMILES string of the molecule is C[C@H]1CCCCC1N1C(=O)C2=C(CCC=C2)C1=O. The summed E-state index contributed by atoms with van der Waals surface area (Å²) in [6.45, 7) is 2.16. The maximum absolute atomic E-state index is 12.4. The first-order valence-corrected chi connectivity index (χ1v) is 6.97. The van der Waals surface area contributed by atoms with Crippen LogP contribution in [0.25, 0.3) is 0 Å². The Morgan fingerprint density at radius 3 is 2.67 bits per heavy atom. The Morgan fingerprint density at radius 1 is 1.17 bits per heavy atom. The third-order valence-corrected chi connectivity index (χ3v) is 4.49. The Labute approximate surface area is 108 Å². The van der Waals surface area contributed by atoms with E-state index in [1.54, 1.807) is 4.90 Å². The lowest BCUT2D eigenvalue weighted by Gasteiger charge is -2.35. The van der Waals surface area contributed by atoms with Crippen LogP contribution in [0.4, 0.5) is 0 Å². The van der Waals surface area contributed by atoms with Crippen molar-refractivity contribution >= 4 is 11.8 Å². The number of rotatable bonds is 1. The smallest absolute Gasteiger partial charge is 0.261 e. The van der Waals surface area contributed by atoms with Crippen LogP contribution < -0.4 is 0 Å². The average Bonchev–Trinajstić information content (AvgIpc) is 2.64. The molecular formula is C15H19NO2. The summed E-state index contributed by atoms with van der Waals surface area (Å²) in [6, 6.07) is 0.123. The van der Waals surface area contributed by atoms with Crippen LogP contribution in [0.1, 0.15) is 45.4 Å². The van der Waals surface area contributed by atoms with Crippen molar-refractivity contribution in [1.82, 2.24) is 4.90 Å². The molecule has 0 saturated heterocycles. The van der Waals surface area contributed by atoms with Crippen molar-refractivity contribution < 1.29 is 9.59 Å². The number of hydrogen-bond acceptors (Lipinski definition) is 2. The van der Waals surface area contributed by atoms with E-state index in [-0.39, 0.29) is 17.9 Å². The van der Waals surface area contributed by atoms with Crippen molar-refractivity contribution in [2.75, 3.05) is 0 Å². The van der Waals surface area contributed by atoms with Gasteiger partial charge < -0.3 is 0 Å². The quantitative estimate of drug-likeness (QED) is 0.666. The average molecular weight is 245 g/mol. The van der Waals surface area contributed by atoms with Gasteiger partial charge in [-0.25, -0.2) is 0 Å². The molecule has 3 rings (SSSR count). The fraction of sp³-hybridized carbons (Fsp3) is 0.600. The summed E-state index contributed by atoms with van der Waals surface area (Å²) >= 11 is 0. The maximum atomic E-state index is 12.4. The van der Waals surface area contributed by atoms with Gasteiger partial charge in [0.1, 0.15) is 0 Å². The molecule has 0 bridgehead atoms. The van der Waals surface area contributed by atoms with Gasteiger partial charge in [0.15, 0.2) is 0 Å². The molecular weight excluding hydrogens is 226 g/mol. The topological polar surface area (TPSA) is 37.4 Å². The molecule has 0 radical (unpaired) electrons. The minimum Gasteiger partial charge on any atom is -0.271 e. The van der Waals surface area contributed by atoms with E-state index in [1.165, 1.54) is 6.42 Å². The molecule has 1 heterocycles. The molecule has 0 aromatic heterocycles. The Kier molecular flexibility index (Phi) is 2.84. The van der Waals surface area contributed by atoms with Gasteiger partial charge in [-0.1, -0.05) is 31.9 Å². The lowest BCUT2D eigenvalue weighted by molar-refractivity contribution is -0.142. The van der Waals surface area contributed by atoms with Gasteiger partial charge in [0, 0.05) is 17.2 Å². The maximum Gasteiger partial charge on any atom is 0.261 e. The van der Waals surface area contributed by atoms with Gasteiger partial charge in [0.05, 0.1) is 0 Å². The number of nitrogens with zero attached hydrogens (tertiary/aromatic N) is 1. The van der Waals surface area contributed by atoms with Gasteiger partial charge in [0.25, 0.3) is 11.8 Å². The molecule has 0 aromatic carbocycles. The predicted octanol–water partition coefficient (Wildman–Crippen LogP) is 2.58. The van der Waals surface area contributed by atoms with Gasteiger partial charge in [0.2, 0.25) is 0 Å². The van der Waals surface area contributed by atoms with Crippen LogP contribution in [0, 0.1) is 5.92 Å². The van der Waals surface area contributed by atoms with Gasteiger partial charge in [-0.2, -0.15) is 0 Å². The molecule has 1 unspecified atom stereocenters. The Morgan fingerprint density at radius 2 is 1.94 bits per heavy atom. The number of hydrogen-bond donors (Lipinski definition) is 0. The van der Waals surface area contributed by atoms with E-state index in [0.717, 1.165) is 37.7 Å². The summed E-state index contributed by atoms with van der Waals surface area (Å²) in [5, 5.41) is 0. The molecule has 96 valence electrons. The molecule has 18 heavy (non-hydrogen) atoms. The molecule has 0 N–H and O–H groups in total. The third-order valence-electron chi connectivity index (χ3n) is 4.49. The van der Waals surface area contributed by atoms with E-state index in [1.807, 2.05) is 12.2 Å². The minimum absolute atomic E-state index is 0.0156. The predicted molar refractivity (Wildman–Crippen MR) is 68.7 cm³/mol. The molecule has 1 saturated carbocycles. The highest BCUT2D eigenvalue weighted by atomic mass is 16.2. The normalized spacial score (nSPS) is 32.2. The molecule has 2 aliphatic carbocycles. The van der Waals surface area contributed by atoms with E-state index in [0.29, 0.717) is 11.5 Å². The highest BCUT2D eigenvalue weighted by Crippen LogP contribution is 2.36. The lowest BCUT2D eigenvalue weighted by Crippen LogP contribution is -2.46. The third kappa shape index (κ3) is 1.64. The zero-order chi connectivity index (χ0) is 12.7. The van der Waals surface area contributed by atoms with Gasteiger partial charge in [-0.05, 0) is 31.6 Å². The van der Waals surface area contributed by atoms with Crippen molar-refractivity contribution in [1.29, 1.82) is 0 Å². The van der Waals surface area contributed by atoms with Crippen molar-refractivity contribution in [2.24, 2.45) is 5.92 Å². The summed E-state index contributed by atoms with van der Waals surface area (Å²) < 4.78 is 0. The van der Waals surface area contributed by atoms with Crippen LogP contribution >= 0.6 is 0 Å². The first-order valence-electron chi connectivity index (χ1n) is 6.97. The van der Waals surface area contributed by atoms with Crippen molar-refractivity contribution in [3.05, 3.63) is 23.3 Å².